The van der Waals surface area contributed by atoms with Gasteiger partial charge in [-0.25, -0.2) is 4.98 Å². The van der Waals surface area contributed by atoms with E-state index in [1.54, 1.807) is 6.07 Å². The highest BCUT2D eigenvalue weighted by atomic mass is 19.1. The first kappa shape index (κ1) is 13.3. The van der Waals surface area contributed by atoms with Gasteiger partial charge in [0, 0.05) is 30.6 Å². The van der Waals surface area contributed by atoms with Crippen LogP contribution in [0.5, 0.6) is 0 Å². The Morgan fingerprint density at radius 1 is 1.50 bits per heavy atom. The number of aromatic nitrogens is 1. The molecule has 1 aromatic rings. The van der Waals surface area contributed by atoms with E-state index in [9.17, 15) is 4.39 Å². The Kier molecular flexibility index (Phi) is 4.17. The standard InChI is InChI=1S/C14H21FN2O/c1-3-14(4-2)10-12(6-8-18-14)17-11-5-7-16-13(15)9-11/h5,7,9,12H,3-4,6,8,10H2,1-2H3,(H,16,17). The van der Waals surface area contributed by atoms with Crippen molar-refractivity contribution in [3.63, 3.8) is 0 Å². The number of halogens is 1. The van der Waals surface area contributed by atoms with Crippen LogP contribution < -0.4 is 5.32 Å². The molecule has 0 amide bonds. The van der Waals surface area contributed by atoms with Crippen LogP contribution in [0.25, 0.3) is 0 Å². The normalized spacial score (nSPS) is 22.7. The monoisotopic (exact) mass is 252 g/mol. The van der Waals surface area contributed by atoms with Gasteiger partial charge in [-0.3, -0.25) is 0 Å². The van der Waals surface area contributed by atoms with E-state index >= 15 is 0 Å². The van der Waals surface area contributed by atoms with Gasteiger partial charge < -0.3 is 10.1 Å². The molecule has 1 aliphatic heterocycles. The maximum Gasteiger partial charge on any atom is 0.214 e. The number of anilines is 1. The highest BCUT2D eigenvalue weighted by molar-refractivity contribution is 5.42. The minimum absolute atomic E-state index is 0.0124. The summed E-state index contributed by atoms with van der Waals surface area (Å²) in [6, 6.07) is 3.59. The molecule has 0 aromatic carbocycles. The molecule has 4 heteroatoms. The molecule has 1 saturated heterocycles. The fourth-order valence-corrected chi connectivity index (χ4v) is 2.62. The van der Waals surface area contributed by atoms with Crippen molar-refractivity contribution in [1.82, 2.24) is 4.98 Å². The molecule has 1 N–H and O–H groups in total. The first-order chi connectivity index (χ1) is 8.67. The Bertz CT molecular complexity index is 393. The first-order valence-electron chi connectivity index (χ1n) is 6.69. The maximum atomic E-state index is 13.0. The van der Waals surface area contributed by atoms with Gasteiger partial charge in [0.25, 0.3) is 0 Å². The molecule has 2 heterocycles. The summed E-state index contributed by atoms with van der Waals surface area (Å²) in [6.45, 7) is 5.10. The van der Waals surface area contributed by atoms with Gasteiger partial charge in [0.2, 0.25) is 5.95 Å². The van der Waals surface area contributed by atoms with E-state index in [0.717, 1.165) is 38.0 Å². The number of nitrogens with zero attached hydrogens (tertiary/aromatic N) is 1. The van der Waals surface area contributed by atoms with Crippen molar-refractivity contribution in [2.45, 2.75) is 51.2 Å². The third kappa shape index (κ3) is 2.99. The van der Waals surface area contributed by atoms with Crippen molar-refractivity contribution in [3.8, 4) is 0 Å². The largest absolute Gasteiger partial charge is 0.382 e. The zero-order valence-corrected chi connectivity index (χ0v) is 11.1. The number of pyridine rings is 1. The summed E-state index contributed by atoms with van der Waals surface area (Å²) in [5.41, 5.74) is 0.789. The number of hydrogen-bond acceptors (Lipinski definition) is 3. The molecule has 18 heavy (non-hydrogen) atoms. The molecule has 2 rings (SSSR count). The molecule has 1 unspecified atom stereocenters. The predicted octanol–water partition coefficient (Wildman–Crippen LogP) is 3.37. The lowest BCUT2D eigenvalue weighted by molar-refractivity contribution is -0.0864. The Morgan fingerprint density at radius 3 is 2.94 bits per heavy atom. The highest BCUT2D eigenvalue weighted by Crippen LogP contribution is 2.32. The molecule has 0 saturated carbocycles. The number of hydrogen-bond donors (Lipinski definition) is 1. The summed E-state index contributed by atoms with van der Waals surface area (Å²) < 4.78 is 19.0. The molecule has 0 spiro atoms. The average Bonchev–Trinajstić information content (AvgIpc) is 2.39. The second-order valence-corrected chi connectivity index (χ2v) is 4.94. The molecule has 1 atom stereocenters. The zero-order valence-electron chi connectivity index (χ0n) is 11.1. The van der Waals surface area contributed by atoms with Gasteiger partial charge >= 0.3 is 0 Å². The minimum atomic E-state index is -0.440. The van der Waals surface area contributed by atoms with Crippen molar-refractivity contribution in [3.05, 3.63) is 24.3 Å². The summed E-state index contributed by atoms with van der Waals surface area (Å²) in [5.74, 6) is -0.440. The molecule has 0 bridgehead atoms. The number of nitrogens with one attached hydrogen (secondary N) is 1. The minimum Gasteiger partial charge on any atom is -0.382 e. The molecular weight excluding hydrogens is 231 g/mol. The Labute approximate surface area is 108 Å². The fraction of sp³-hybridized carbons (Fsp3) is 0.643. The van der Waals surface area contributed by atoms with Gasteiger partial charge in [0.1, 0.15) is 0 Å². The topological polar surface area (TPSA) is 34.2 Å². The molecule has 1 aliphatic rings. The van der Waals surface area contributed by atoms with E-state index < -0.39 is 5.95 Å². The van der Waals surface area contributed by atoms with Crippen LogP contribution >= 0.6 is 0 Å². The van der Waals surface area contributed by atoms with Crippen molar-refractivity contribution in [2.24, 2.45) is 0 Å². The molecule has 1 fully saturated rings. The Hall–Kier alpha value is -1.16. The lowest BCUT2D eigenvalue weighted by atomic mass is 9.86. The van der Waals surface area contributed by atoms with Gasteiger partial charge in [-0.2, -0.15) is 4.39 Å². The SMILES string of the molecule is CCC1(CC)CC(Nc2ccnc(F)c2)CCO1. The van der Waals surface area contributed by atoms with Crippen LogP contribution in [0.4, 0.5) is 10.1 Å². The van der Waals surface area contributed by atoms with E-state index in [4.69, 9.17) is 4.74 Å². The molecule has 0 aliphatic carbocycles. The van der Waals surface area contributed by atoms with Gasteiger partial charge in [0.15, 0.2) is 0 Å². The van der Waals surface area contributed by atoms with Crippen LogP contribution in [0.15, 0.2) is 18.3 Å². The second kappa shape index (κ2) is 5.65. The lowest BCUT2D eigenvalue weighted by Crippen LogP contribution is -2.43. The number of rotatable bonds is 4. The smallest absolute Gasteiger partial charge is 0.214 e. The third-order valence-corrected chi connectivity index (χ3v) is 3.88. The van der Waals surface area contributed by atoms with Crippen LogP contribution in [0.3, 0.4) is 0 Å². The maximum absolute atomic E-state index is 13.0. The van der Waals surface area contributed by atoms with Crippen molar-refractivity contribution in [2.75, 3.05) is 11.9 Å². The summed E-state index contributed by atoms with van der Waals surface area (Å²) in [5, 5.41) is 3.39. The summed E-state index contributed by atoms with van der Waals surface area (Å²) in [7, 11) is 0. The highest BCUT2D eigenvalue weighted by Gasteiger charge is 2.34. The van der Waals surface area contributed by atoms with Crippen molar-refractivity contribution >= 4 is 5.69 Å². The van der Waals surface area contributed by atoms with Crippen LogP contribution in [-0.4, -0.2) is 23.2 Å². The quantitative estimate of drug-likeness (QED) is 0.834. The predicted molar refractivity (Wildman–Crippen MR) is 70.1 cm³/mol. The molecule has 100 valence electrons. The van der Waals surface area contributed by atoms with Crippen molar-refractivity contribution in [1.29, 1.82) is 0 Å². The van der Waals surface area contributed by atoms with Crippen LogP contribution in [0, 0.1) is 5.95 Å². The molecule has 3 nitrogen and oxygen atoms in total. The second-order valence-electron chi connectivity index (χ2n) is 4.94. The third-order valence-electron chi connectivity index (χ3n) is 3.88. The van der Waals surface area contributed by atoms with E-state index in [1.807, 2.05) is 0 Å². The van der Waals surface area contributed by atoms with Gasteiger partial charge in [0.05, 0.1) is 5.60 Å². The van der Waals surface area contributed by atoms with E-state index in [2.05, 4.69) is 24.1 Å². The van der Waals surface area contributed by atoms with E-state index in [-0.39, 0.29) is 5.60 Å². The van der Waals surface area contributed by atoms with Gasteiger partial charge in [-0.15, -0.1) is 0 Å². The molecular formula is C14H21FN2O. The van der Waals surface area contributed by atoms with Gasteiger partial charge in [-0.05, 0) is 31.7 Å². The fourth-order valence-electron chi connectivity index (χ4n) is 2.62. The van der Waals surface area contributed by atoms with Crippen LogP contribution in [0.2, 0.25) is 0 Å². The van der Waals surface area contributed by atoms with Gasteiger partial charge in [-0.1, -0.05) is 13.8 Å². The summed E-state index contributed by atoms with van der Waals surface area (Å²) >= 11 is 0. The molecule has 1 aromatic heterocycles. The summed E-state index contributed by atoms with van der Waals surface area (Å²) in [6.07, 6.45) is 5.47. The van der Waals surface area contributed by atoms with E-state index in [1.165, 1.54) is 12.3 Å². The van der Waals surface area contributed by atoms with Crippen molar-refractivity contribution < 1.29 is 9.13 Å². The average molecular weight is 252 g/mol. The Balaban J connectivity index is 2.01. The van der Waals surface area contributed by atoms with Crippen LogP contribution in [-0.2, 0) is 4.74 Å². The lowest BCUT2D eigenvalue weighted by Gasteiger charge is -2.40. The van der Waals surface area contributed by atoms with E-state index in [0.29, 0.717) is 6.04 Å². The zero-order chi connectivity index (χ0) is 13.0. The molecule has 0 radical (unpaired) electrons. The number of ether oxygens (including phenoxy) is 1. The Morgan fingerprint density at radius 2 is 2.28 bits per heavy atom. The van der Waals surface area contributed by atoms with Crippen LogP contribution in [0.1, 0.15) is 39.5 Å². The first-order valence-corrected chi connectivity index (χ1v) is 6.69. The summed E-state index contributed by atoms with van der Waals surface area (Å²) in [4.78, 5) is 3.56.